The van der Waals surface area contributed by atoms with Crippen LogP contribution in [0.1, 0.15) is 69.8 Å². The first-order chi connectivity index (χ1) is 15.0. The van der Waals surface area contributed by atoms with Crippen molar-refractivity contribution >= 4 is 29.1 Å². The number of thiazole rings is 1. The number of aliphatic hydroxyl groups excluding tert-OH is 2. The highest BCUT2D eigenvalue weighted by Gasteiger charge is 2.44. The van der Waals surface area contributed by atoms with Crippen LogP contribution in [-0.4, -0.2) is 26.8 Å². The van der Waals surface area contributed by atoms with E-state index in [2.05, 4.69) is 25.8 Å². The van der Waals surface area contributed by atoms with Crippen LogP contribution in [0.3, 0.4) is 0 Å². The molecule has 1 unspecified atom stereocenters. The predicted octanol–water partition coefficient (Wildman–Crippen LogP) is 6.08. The molecule has 2 heterocycles. The van der Waals surface area contributed by atoms with Crippen molar-refractivity contribution in [3.63, 3.8) is 0 Å². The molecule has 1 aliphatic heterocycles. The Labute approximate surface area is 198 Å². The van der Waals surface area contributed by atoms with Gasteiger partial charge in [-0.2, -0.15) is 0 Å². The molecule has 1 aromatic carbocycles. The van der Waals surface area contributed by atoms with E-state index in [9.17, 15) is 15.0 Å². The minimum absolute atomic E-state index is 0.0360. The monoisotopic (exact) mass is 475 g/mol. The molecule has 5 nitrogen and oxygen atoms in total. The standard InChI is InChI=1S/C25H33NO4S2/c1-15(2)25(8-7-18-13-31-14-26-18)11-20(28)22(23(29)30-25)32-21-9-16(3)17(12-27)10-19(21)24(4,5)6/h9-10,13-15,27-28H,7-8,11-12H2,1-6H3. The van der Waals surface area contributed by atoms with Crippen LogP contribution in [0.2, 0.25) is 0 Å². The zero-order valence-electron chi connectivity index (χ0n) is 19.7. The number of carbonyl (C=O) groups is 1. The van der Waals surface area contributed by atoms with Crippen LogP contribution in [-0.2, 0) is 28.0 Å². The Morgan fingerprint density at radius 1 is 1.31 bits per heavy atom. The molecule has 174 valence electrons. The zero-order valence-corrected chi connectivity index (χ0v) is 21.3. The molecule has 1 aliphatic rings. The van der Waals surface area contributed by atoms with Crippen LogP contribution < -0.4 is 0 Å². The molecule has 2 aromatic rings. The molecule has 32 heavy (non-hydrogen) atoms. The number of hydrogen-bond donors (Lipinski definition) is 2. The van der Waals surface area contributed by atoms with Gasteiger partial charge in [0, 0.05) is 16.7 Å². The normalized spacial score (nSPS) is 19.6. The maximum Gasteiger partial charge on any atom is 0.349 e. The average Bonchev–Trinajstić information content (AvgIpc) is 3.22. The van der Waals surface area contributed by atoms with E-state index in [-0.39, 0.29) is 28.6 Å². The summed E-state index contributed by atoms with van der Waals surface area (Å²) < 4.78 is 6.05. The highest BCUT2D eigenvalue weighted by atomic mass is 32.2. The average molecular weight is 476 g/mol. The molecule has 1 atom stereocenters. The van der Waals surface area contributed by atoms with E-state index in [1.165, 1.54) is 11.8 Å². The van der Waals surface area contributed by atoms with Gasteiger partial charge < -0.3 is 14.9 Å². The summed E-state index contributed by atoms with van der Waals surface area (Å²) in [5, 5.41) is 22.7. The number of cyclic esters (lactones) is 1. The zero-order chi connectivity index (χ0) is 23.7. The number of nitrogens with zero attached hydrogens (tertiary/aromatic N) is 1. The van der Waals surface area contributed by atoms with E-state index in [4.69, 9.17) is 4.74 Å². The number of thioether (sulfide) groups is 1. The van der Waals surface area contributed by atoms with Crippen LogP contribution >= 0.6 is 23.1 Å². The molecule has 7 heteroatoms. The molecule has 0 amide bonds. The van der Waals surface area contributed by atoms with Gasteiger partial charge in [0.2, 0.25) is 0 Å². The third-order valence-electron chi connectivity index (χ3n) is 6.18. The van der Waals surface area contributed by atoms with Crippen LogP contribution in [0.5, 0.6) is 0 Å². The van der Waals surface area contributed by atoms with Crippen molar-refractivity contribution < 1.29 is 19.7 Å². The third kappa shape index (κ3) is 5.21. The Balaban J connectivity index is 1.93. The summed E-state index contributed by atoms with van der Waals surface area (Å²) >= 11 is 2.81. The van der Waals surface area contributed by atoms with Crippen molar-refractivity contribution in [3.8, 4) is 0 Å². The topological polar surface area (TPSA) is 79.7 Å². The van der Waals surface area contributed by atoms with E-state index in [1.54, 1.807) is 16.8 Å². The minimum Gasteiger partial charge on any atom is -0.511 e. The molecule has 2 N–H and O–H groups in total. The second kappa shape index (κ2) is 9.57. The van der Waals surface area contributed by atoms with Crippen LogP contribution in [0.25, 0.3) is 0 Å². The number of rotatable bonds is 7. The van der Waals surface area contributed by atoms with Crippen LogP contribution in [0.4, 0.5) is 0 Å². The number of ether oxygens (including phenoxy) is 1. The van der Waals surface area contributed by atoms with Crippen LogP contribution in [0.15, 0.2) is 38.6 Å². The summed E-state index contributed by atoms with van der Waals surface area (Å²) in [6.45, 7) is 12.2. The Morgan fingerprint density at radius 2 is 2.03 bits per heavy atom. The van der Waals surface area contributed by atoms with Crippen molar-refractivity contribution in [3.05, 3.63) is 56.1 Å². The number of aliphatic hydroxyl groups is 2. The highest BCUT2D eigenvalue weighted by molar-refractivity contribution is 8.04. The van der Waals surface area contributed by atoms with E-state index >= 15 is 0 Å². The van der Waals surface area contributed by atoms with Crippen molar-refractivity contribution in [1.82, 2.24) is 4.98 Å². The summed E-state index contributed by atoms with van der Waals surface area (Å²) in [6.07, 6.45) is 1.60. The number of carbonyl (C=O) groups excluding carboxylic acids is 1. The van der Waals surface area contributed by atoms with Gasteiger partial charge in [-0.15, -0.1) is 11.3 Å². The molecular weight excluding hydrogens is 442 g/mol. The van der Waals surface area contributed by atoms with Crippen molar-refractivity contribution in [2.45, 2.75) is 83.3 Å². The Bertz CT molecular complexity index is 1010. The molecule has 0 saturated carbocycles. The fraction of sp³-hybridized carbons (Fsp3) is 0.520. The second-order valence-electron chi connectivity index (χ2n) is 9.83. The van der Waals surface area contributed by atoms with Gasteiger partial charge >= 0.3 is 5.97 Å². The van der Waals surface area contributed by atoms with Crippen LogP contribution in [0, 0.1) is 12.8 Å². The maximum atomic E-state index is 13.1. The van der Waals surface area contributed by atoms with Gasteiger partial charge in [-0.25, -0.2) is 9.78 Å². The minimum atomic E-state index is -0.752. The number of benzene rings is 1. The fourth-order valence-electron chi connectivity index (χ4n) is 3.98. The van der Waals surface area contributed by atoms with E-state index < -0.39 is 11.6 Å². The van der Waals surface area contributed by atoms with Crippen molar-refractivity contribution in [2.24, 2.45) is 5.92 Å². The number of aryl methyl sites for hydroxylation is 2. The van der Waals surface area contributed by atoms with Gasteiger partial charge in [-0.1, -0.05) is 52.4 Å². The molecule has 0 spiro atoms. The largest absolute Gasteiger partial charge is 0.511 e. The van der Waals surface area contributed by atoms with Crippen molar-refractivity contribution in [1.29, 1.82) is 0 Å². The molecule has 0 radical (unpaired) electrons. The lowest BCUT2D eigenvalue weighted by Gasteiger charge is -2.40. The first-order valence-corrected chi connectivity index (χ1v) is 12.7. The summed E-state index contributed by atoms with van der Waals surface area (Å²) in [5.41, 5.74) is 4.67. The number of hydrogen-bond acceptors (Lipinski definition) is 7. The fourth-order valence-corrected chi connectivity index (χ4v) is 5.82. The molecule has 1 aromatic heterocycles. The second-order valence-corrected chi connectivity index (χ2v) is 11.6. The lowest BCUT2D eigenvalue weighted by Crippen LogP contribution is -2.44. The first kappa shape index (κ1) is 24.8. The predicted molar refractivity (Wildman–Crippen MR) is 130 cm³/mol. The van der Waals surface area contributed by atoms with Gasteiger partial charge in [0.1, 0.15) is 16.3 Å². The van der Waals surface area contributed by atoms with E-state index in [0.717, 1.165) is 27.3 Å². The maximum absolute atomic E-state index is 13.1. The SMILES string of the molecule is Cc1cc(SC2=C(O)CC(CCc3cscn3)(C(C)C)OC2=O)c(C(C)(C)C)cc1CO. The molecular formula is C25H33NO4S2. The van der Waals surface area contributed by atoms with Gasteiger partial charge in [0.25, 0.3) is 0 Å². The van der Waals surface area contributed by atoms with Crippen molar-refractivity contribution in [2.75, 3.05) is 0 Å². The molecule has 0 aliphatic carbocycles. The highest BCUT2D eigenvalue weighted by Crippen LogP contribution is 2.45. The smallest absolute Gasteiger partial charge is 0.349 e. The third-order valence-corrected chi connectivity index (χ3v) is 7.98. The van der Waals surface area contributed by atoms with Gasteiger partial charge in [-0.3, -0.25) is 0 Å². The Kier molecular flexibility index (Phi) is 7.42. The van der Waals surface area contributed by atoms with Gasteiger partial charge in [-0.05, 0) is 53.9 Å². The number of esters is 1. The van der Waals surface area contributed by atoms with Gasteiger partial charge in [0.05, 0.1) is 17.8 Å². The Hall–Kier alpha value is -1.83. The quantitative estimate of drug-likeness (QED) is 0.473. The van der Waals surface area contributed by atoms with E-state index in [1.807, 2.05) is 38.3 Å². The van der Waals surface area contributed by atoms with Gasteiger partial charge in [0.15, 0.2) is 0 Å². The molecule has 0 bridgehead atoms. The summed E-state index contributed by atoms with van der Waals surface area (Å²) in [7, 11) is 0. The summed E-state index contributed by atoms with van der Waals surface area (Å²) in [6, 6.07) is 3.98. The molecule has 0 saturated heterocycles. The Morgan fingerprint density at radius 3 is 2.56 bits per heavy atom. The summed E-state index contributed by atoms with van der Waals surface area (Å²) in [4.78, 5) is 18.6. The summed E-state index contributed by atoms with van der Waals surface area (Å²) in [5.74, 6) is -0.341. The lowest BCUT2D eigenvalue weighted by atomic mass is 9.80. The molecule has 0 fully saturated rings. The lowest BCUT2D eigenvalue weighted by molar-refractivity contribution is -0.164. The number of aromatic nitrogens is 1. The molecule has 3 rings (SSSR count). The first-order valence-electron chi connectivity index (χ1n) is 10.9. The van der Waals surface area contributed by atoms with E-state index in [0.29, 0.717) is 19.3 Å².